The third kappa shape index (κ3) is 3.50. The largest absolute Gasteiger partial charge is 0.383 e. The summed E-state index contributed by atoms with van der Waals surface area (Å²) in [5, 5.41) is 14.6. The fourth-order valence-corrected chi connectivity index (χ4v) is 3.99. The lowest BCUT2D eigenvalue weighted by molar-refractivity contribution is 0.101. The van der Waals surface area contributed by atoms with Crippen molar-refractivity contribution in [3.8, 4) is 6.07 Å². The molecule has 5 heteroatoms. The minimum absolute atomic E-state index is 0.00975. The highest BCUT2D eigenvalue weighted by Crippen LogP contribution is 2.25. The Balaban J connectivity index is 1.67. The summed E-state index contributed by atoms with van der Waals surface area (Å²) in [6.45, 7) is 6.55. The first-order valence-corrected chi connectivity index (χ1v) is 9.04. The lowest BCUT2D eigenvalue weighted by Gasteiger charge is -2.32. The maximum absolute atomic E-state index is 11.8. The zero-order chi connectivity index (χ0) is 17.1. The third-order valence-corrected chi connectivity index (χ3v) is 5.60. The van der Waals surface area contributed by atoms with E-state index in [2.05, 4.69) is 34.7 Å². The van der Waals surface area contributed by atoms with Gasteiger partial charge in [-0.1, -0.05) is 0 Å². The van der Waals surface area contributed by atoms with Crippen molar-refractivity contribution in [2.24, 2.45) is 0 Å². The van der Waals surface area contributed by atoms with Crippen molar-refractivity contribution in [2.45, 2.75) is 32.9 Å². The SMILES string of the molecule is CC(=O)c1ccc(C#N)cc1NCC(C)N1CCc2sccc2C1. The van der Waals surface area contributed by atoms with Crippen molar-refractivity contribution in [1.29, 1.82) is 5.26 Å². The Morgan fingerprint density at radius 1 is 1.46 bits per heavy atom. The molecule has 2 aromatic rings. The smallest absolute Gasteiger partial charge is 0.161 e. The average molecular weight is 339 g/mol. The number of thiophene rings is 1. The topological polar surface area (TPSA) is 56.1 Å². The predicted octanol–water partition coefficient (Wildman–Crippen LogP) is 3.68. The van der Waals surface area contributed by atoms with Crippen molar-refractivity contribution >= 4 is 22.8 Å². The number of nitriles is 1. The normalized spacial score (nSPS) is 15.4. The standard InChI is InChI=1S/C19H21N3OS/c1-13(22-7-5-19-16(12-22)6-8-24-19)11-21-18-9-15(10-20)3-4-17(18)14(2)23/h3-4,6,8-9,13,21H,5,7,11-12H2,1-2H3. The van der Waals surface area contributed by atoms with Crippen LogP contribution in [0.4, 0.5) is 5.69 Å². The molecule has 0 saturated carbocycles. The van der Waals surface area contributed by atoms with Crippen LogP contribution in [0.1, 0.15) is 40.2 Å². The first-order valence-electron chi connectivity index (χ1n) is 8.16. The van der Waals surface area contributed by atoms with E-state index in [1.165, 1.54) is 10.4 Å². The third-order valence-electron chi connectivity index (χ3n) is 4.58. The molecule has 0 aliphatic carbocycles. The molecule has 1 aromatic carbocycles. The van der Waals surface area contributed by atoms with Crippen LogP contribution in [0, 0.1) is 11.3 Å². The zero-order valence-corrected chi connectivity index (χ0v) is 14.8. The molecule has 1 unspecified atom stereocenters. The van der Waals surface area contributed by atoms with E-state index in [9.17, 15) is 4.79 Å². The molecule has 0 radical (unpaired) electrons. The molecule has 2 heterocycles. The van der Waals surface area contributed by atoms with E-state index < -0.39 is 0 Å². The predicted molar refractivity (Wildman–Crippen MR) is 97.5 cm³/mol. The number of carbonyl (C=O) groups excluding carboxylic acids is 1. The van der Waals surface area contributed by atoms with Crippen molar-refractivity contribution in [3.05, 3.63) is 51.2 Å². The van der Waals surface area contributed by atoms with Gasteiger partial charge >= 0.3 is 0 Å². The highest BCUT2D eigenvalue weighted by Gasteiger charge is 2.21. The minimum atomic E-state index is 0.00975. The number of hydrogen-bond donors (Lipinski definition) is 1. The van der Waals surface area contributed by atoms with Gasteiger partial charge in [0.2, 0.25) is 0 Å². The maximum Gasteiger partial charge on any atom is 0.161 e. The molecule has 3 rings (SSSR count). The Morgan fingerprint density at radius 2 is 2.29 bits per heavy atom. The fourth-order valence-electron chi connectivity index (χ4n) is 3.10. The van der Waals surface area contributed by atoms with E-state index in [-0.39, 0.29) is 5.78 Å². The number of Topliss-reactive ketones (excluding diaryl/α,β-unsaturated/α-hetero) is 1. The van der Waals surface area contributed by atoms with Crippen LogP contribution in [0.25, 0.3) is 0 Å². The van der Waals surface area contributed by atoms with Gasteiger partial charge < -0.3 is 5.32 Å². The van der Waals surface area contributed by atoms with Crippen LogP contribution in [-0.2, 0) is 13.0 Å². The molecule has 0 amide bonds. The molecule has 1 N–H and O–H groups in total. The summed E-state index contributed by atoms with van der Waals surface area (Å²) in [5.74, 6) is 0.00975. The molecular formula is C19H21N3OS. The van der Waals surface area contributed by atoms with E-state index in [0.717, 1.165) is 31.7 Å². The Labute approximate surface area is 146 Å². The number of nitrogens with one attached hydrogen (secondary N) is 1. The van der Waals surface area contributed by atoms with Crippen LogP contribution in [0.3, 0.4) is 0 Å². The van der Waals surface area contributed by atoms with Crippen LogP contribution in [0.15, 0.2) is 29.6 Å². The number of hydrogen-bond acceptors (Lipinski definition) is 5. The molecule has 124 valence electrons. The minimum Gasteiger partial charge on any atom is -0.383 e. The van der Waals surface area contributed by atoms with E-state index in [1.54, 1.807) is 25.1 Å². The van der Waals surface area contributed by atoms with Gasteiger partial charge in [-0.15, -0.1) is 11.3 Å². The van der Waals surface area contributed by atoms with E-state index in [4.69, 9.17) is 5.26 Å². The van der Waals surface area contributed by atoms with Gasteiger partial charge in [-0.3, -0.25) is 9.69 Å². The van der Waals surface area contributed by atoms with Crippen LogP contribution in [0.5, 0.6) is 0 Å². The second-order valence-electron chi connectivity index (χ2n) is 6.25. The average Bonchev–Trinajstić information content (AvgIpc) is 3.06. The van der Waals surface area contributed by atoms with Crippen LogP contribution >= 0.6 is 11.3 Å². The second-order valence-corrected chi connectivity index (χ2v) is 7.25. The van der Waals surface area contributed by atoms with Gasteiger partial charge in [0.15, 0.2) is 5.78 Å². The summed E-state index contributed by atoms with van der Waals surface area (Å²) >= 11 is 1.85. The number of fused-ring (bicyclic) bond motifs is 1. The molecule has 0 fully saturated rings. The van der Waals surface area contributed by atoms with Gasteiger partial charge in [-0.05, 0) is 55.5 Å². The lowest BCUT2D eigenvalue weighted by Crippen LogP contribution is -2.40. The number of nitrogens with zero attached hydrogens (tertiary/aromatic N) is 2. The Kier molecular flexibility index (Phi) is 4.98. The van der Waals surface area contributed by atoms with Crippen molar-refractivity contribution in [3.63, 3.8) is 0 Å². The highest BCUT2D eigenvalue weighted by atomic mass is 32.1. The van der Waals surface area contributed by atoms with Gasteiger partial charge in [0.05, 0.1) is 11.6 Å². The van der Waals surface area contributed by atoms with E-state index in [0.29, 0.717) is 17.2 Å². The molecule has 0 bridgehead atoms. The molecule has 24 heavy (non-hydrogen) atoms. The maximum atomic E-state index is 11.8. The van der Waals surface area contributed by atoms with Crippen molar-refractivity contribution in [2.75, 3.05) is 18.4 Å². The van der Waals surface area contributed by atoms with Crippen molar-refractivity contribution in [1.82, 2.24) is 4.90 Å². The fraction of sp³-hybridized carbons (Fsp3) is 0.368. The Morgan fingerprint density at radius 3 is 3.04 bits per heavy atom. The number of ketones is 1. The quantitative estimate of drug-likeness (QED) is 0.844. The molecule has 1 aliphatic rings. The number of carbonyl (C=O) groups is 1. The summed E-state index contributed by atoms with van der Waals surface area (Å²) in [5.41, 5.74) is 3.40. The monoisotopic (exact) mass is 339 g/mol. The molecular weight excluding hydrogens is 318 g/mol. The summed E-state index contributed by atoms with van der Waals surface area (Å²) in [4.78, 5) is 15.8. The zero-order valence-electron chi connectivity index (χ0n) is 14.0. The van der Waals surface area contributed by atoms with E-state index in [1.807, 2.05) is 11.3 Å². The molecule has 0 spiro atoms. The van der Waals surface area contributed by atoms with Gasteiger partial charge in [-0.2, -0.15) is 5.26 Å². The first kappa shape index (κ1) is 16.7. The van der Waals surface area contributed by atoms with Gasteiger partial charge in [0.1, 0.15) is 0 Å². The second kappa shape index (κ2) is 7.16. The van der Waals surface area contributed by atoms with Crippen LogP contribution in [0.2, 0.25) is 0 Å². The highest BCUT2D eigenvalue weighted by molar-refractivity contribution is 7.10. The molecule has 1 atom stereocenters. The molecule has 1 aromatic heterocycles. The van der Waals surface area contributed by atoms with Gasteiger partial charge in [0.25, 0.3) is 0 Å². The van der Waals surface area contributed by atoms with Crippen molar-refractivity contribution < 1.29 is 4.79 Å². The summed E-state index contributed by atoms with van der Waals surface area (Å²) in [7, 11) is 0. The molecule has 1 aliphatic heterocycles. The lowest BCUT2D eigenvalue weighted by atomic mass is 10.1. The van der Waals surface area contributed by atoms with Crippen LogP contribution in [-0.4, -0.2) is 29.8 Å². The first-order chi connectivity index (χ1) is 11.6. The van der Waals surface area contributed by atoms with Gasteiger partial charge in [-0.25, -0.2) is 0 Å². The molecule has 4 nitrogen and oxygen atoms in total. The summed E-state index contributed by atoms with van der Waals surface area (Å²) in [6, 6.07) is 9.88. The van der Waals surface area contributed by atoms with Gasteiger partial charge in [0, 0.05) is 41.8 Å². The van der Waals surface area contributed by atoms with Crippen LogP contribution < -0.4 is 5.32 Å². The molecule has 0 saturated heterocycles. The summed E-state index contributed by atoms with van der Waals surface area (Å²) in [6.07, 6.45) is 1.11. The summed E-state index contributed by atoms with van der Waals surface area (Å²) < 4.78 is 0. The number of rotatable bonds is 5. The Bertz CT molecular complexity index is 790. The Hall–Kier alpha value is -2.16. The number of benzene rings is 1. The number of anilines is 1. The van der Waals surface area contributed by atoms with E-state index >= 15 is 0 Å².